The number of nitrogens with zero attached hydrogens (tertiary/aromatic N) is 2. The molecular formula is C25H18ClN3O4S. The van der Waals surface area contributed by atoms with E-state index in [2.05, 4.69) is 10.3 Å². The molecule has 1 N–H and O–H groups in total. The van der Waals surface area contributed by atoms with Gasteiger partial charge in [-0.05, 0) is 48.0 Å². The first-order chi connectivity index (χ1) is 16.5. The highest BCUT2D eigenvalue weighted by atomic mass is 35.5. The molecule has 0 aliphatic carbocycles. The largest absolute Gasteiger partial charge is 0.493 e. The van der Waals surface area contributed by atoms with Gasteiger partial charge in [-0.25, -0.2) is 9.38 Å². The third-order valence-electron chi connectivity index (χ3n) is 5.10. The number of methoxy groups -OCH3 is 1. The fraction of sp³-hybridized carbons (Fsp3) is 0.0800. The predicted molar refractivity (Wildman–Crippen MR) is 134 cm³/mol. The van der Waals surface area contributed by atoms with Gasteiger partial charge in [0, 0.05) is 5.69 Å². The van der Waals surface area contributed by atoms with E-state index in [9.17, 15) is 9.59 Å². The Morgan fingerprint density at radius 2 is 1.91 bits per heavy atom. The maximum atomic E-state index is 13.0. The van der Waals surface area contributed by atoms with Gasteiger partial charge in [-0.3, -0.25) is 9.59 Å². The van der Waals surface area contributed by atoms with Crippen molar-refractivity contribution in [2.24, 2.45) is 0 Å². The van der Waals surface area contributed by atoms with Crippen molar-refractivity contribution in [2.75, 3.05) is 19.0 Å². The molecule has 0 aliphatic rings. The Labute approximate surface area is 202 Å². The number of aromatic nitrogens is 2. The Morgan fingerprint density at radius 3 is 2.71 bits per heavy atom. The van der Waals surface area contributed by atoms with Crippen LogP contribution in [0, 0.1) is 0 Å². The molecule has 2 heterocycles. The van der Waals surface area contributed by atoms with E-state index in [0.717, 1.165) is 11.0 Å². The minimum absolute atomic E-state index is 0.151. The number of anilines is 1. The molecule has 2 aromatic heterocycles. The topological polar surface area (TPSA) is 81.9 Å². The predicted octanol–water partition coefficient (Wildman–Crippen LogP) is 4.14. The Balaban J connectivity index is 1.42. The van der Waals surface area contributed by atoms with Crippen LogP contribution in [0.2, 0.25) is 5.02 Å². The van der Waals surface area contributed by atoms with Gasteiger partial charge in [0.1, 0.15) is 0 Å². The summed E-state index contributed by atoms with van der Waals surface area (Å²) in [6.07, 6.45) is 1.73. The molecule has 7 nitrogen and oxygen atoms in total. The highest BCUT2D eigenvalue weighted by molar-refractivity contribution is 7.15. The number of thiazole rings is 1. The van der Waals surface area contributed by atoms with Gasteiger partial charge in [0.15, 0.2) is 23.1 Å². The quantitative estimate of drug-likeness (QED) is 0.386. The number of hydrogen-bond acceptors (Lipinski definition) is 6. The van der Waals surface area contributed by atoms with Crippen molar-refractivity contribution >= 4 is 56.6 Å². The lowest BCUT2D eigenvalue weighted by Gasteiger charge is -2.13. The molecule has 5 aromatic rings. The molecule has 0 aliphatic heterocycles. The van der Waals surface area contributed by atoms with E-state index in [1.807, 2.05) is 42.5 Å². The maximum absolute atomic E-state index is 13.0. The molecule has 0 saturated heterocycles. The Kier molecular flexibility index (Phi) is 5.91. The molecule has 5 rings (SSSR count). The van der Waals surface area contributed by atoms with Crippen molar-refractivity contribution in [3.63, 3.8) is 0 Å². The molecule has 0 atom stereocenters. The van der Waals surface area contributed by atoms with Gasteiger partial charge in [-0.1, -0.05) is 53.3 Å². The standard InChI is InChI=1S/C25H18ClN3O4S/c1-32-20-12-15(11-17(26)23(20)33-14-22(30)27-16-7-3-2-4-8-16)13-21-24(31)29-19-10-6-5-9-18(19)28-25(29)34-21/h2-13H,14H2,1H3,(H,27,30)/b21-13-. The van der Waals surface area contributed by atoms with Crippen LogP contribution in [-0.2, 0) is 4.79 Å². The zero-order valence-electron chi connectivity index (χ0n) is 17.9. The summed E-state index contributed by atoms with van der Waals surface area (Å²) in [7, 11) is 1.48. The van der Waals surface area contributed by atoms with E-state index >= 15 is 0 Å². The zero-order valence-corrected chi connectivity index (χ0v) is 19.5. The van der Waals surface area contributed by atoms with Crippen molar-refractivity contribution in [3.8, 4) is 11.5 Å². The monoisotopic (exact) mass is 491 g/mol. The molecule has 0 unspecified atom stereocenters. The number of amides is 1. The molecule has 0 saturated carbocycles. The lowest BCUT2D eigenvalue weighted by Crippen LogP contribution is -2.22. The van der Waals surface area contributed by atoms with Crippen LogP contribution in [0.3, 0.4) is 0 Å². The van der Waals surface area contributed by atoms with Crippen molar-refractivity contribution in [1.29, 1.82) is 0 Å². The lowest BCUT2D eigenvalue weighted by atomic mass is 10.2. The minimum atomic E-state index is -0.329. The van der Waals surface area contributed by atoms with Crippen LogP contribution in [0.15, 0.2) is 71.5 Å². The van der Waals surface area contributed by atoms with Crippen LogP contribution in [0.5, 0.6) is 11.5 Å². The van der Waals surface area contributed by atoms with Crippen LogP contribution in [0.1, 0.15) is 5.56 Å². The van der Waals surface area contributed by atoms with E-state index in [0.29, 0.717) is 26.5 Å². The van der Waals surface area contributed by atoms with Crippen molar-refractivity contribution in [1.82, 2.24) is 9.38 Å². The smallest absolute Gasteiger partial charge is 0.274 e. The van der Waals surface area contributed by atoms with E-state index in [-0.39, 0.29) is 28.8 Å². The second-order valence-electron chi connectivity index (χ2n) is 7.37. The van der Waals surface area contributed by atoms with Crippen LogP contribution in [0.25, 0.3) is 22.1 Å². The summed E-state index contributed by atoms with van der Waals surface area (Å²) in [6.45, 7) is -0.242. The number of fused-ring (bicyclic) bond motifs is 3. The number of benzene rings is 3. The summed E-state index contributed by atoms with van der Waals surface area (Å²) >= 11 is 7.75. The number of imidazole rings is 1. The second kappa shape index (κ2) is 9.17. The van der Waals surface area contributed by atoms with Gasteiger partial charge in [0.25, 0.3) is 11.5 Å². The molecule has 0 bridgehead atoms. The normalized spacial score (nSPS) is 11.8. The first kappa shape index (κ1) is 21.9. The molecule has 0 radical (unpaired) electrons. The number of halogens is 1. The number of para-hydroxylation sites is 3. The summed E-state index contributed by atoms with van der Waals surface area (Å²) in [5.74, 6) is 0.273. The van der Waals surface area contributed by atoms with E-state index in [1.54, 1.807) is 34.7 Å². The summed E-state index contributed by atoms with van der Waals surface area (Å²) in [5.41, 5.74) is 2.73. The summed E-state index contributed by atoms with van der Waals surface area (Å²) in [4.78, 5) is 30.4. The molecular weight excluding hydrogens is 474 g/mol. The van der Waals surface area contributed by atoms with Gasteiger partial charge in [0.05, 0.1) is 27.7 Å². The summed E-state index contributed by atoms with van der Waals surface area (Å²) in [5, 5.41) is 3.01. The number of nitrogens with one attached hydrogen (secondary N) is 1. The SMILES string of the molecule is COc1cc(/C=c2\sc3nc4ccccc4n3c2=O)cc(Cl)c1OCC(=O)Nc1ccccc1. The van der Waals surface area contributed by atoms with Gasteiger partial charge in [0.2, 0.25) is 0 Å². The van der Waals surface area contributed by atoms with Crippen molar-refractivity contribution < 1.29 is 14.3 Å². The average molecular weight is 492 g/mol. The number of rotatable bonds is 6. The molecule has 3 aromatic carbocycles. The van der Waals surface area contributed by atoms with E-state index in [1.165, 1.54) is 18.4 Å². The number of ether oxygens (including phenoxy) is 2. The fourth-order valence-electron chi connectivity index (χ4n) is 3.58. The van der Waals surface area contributed by atoms with Crippen LogP contribution < -0.4 is 24.9 Å². The van der Waals surface area contributed by atoms with Gasteiger partial charge in [-0.15, -0.1) is 0 Å². The molecule has 170 valence electrons. The molecule has 9 heteroatoms. The highest BCUT2D eigenvalue weighted by Gasteiger charge is 2.15. The molecule has 34 heavy (non-hydrogen) atoms. The van der Waals surface area contributed by atoms with Gasteiger partial charge >= 0.3 is 0 Å². The van der Waals surface area contributed by atoms with Crippen LogP contribution in [-0.4, -0.2) is 29.0 Å². The van der Waals surface area contributed by atoms with Crippen molar-refractivity contribution in [2.45, 2.75) is 0 Å². The maximum Gasteiger partial charge on any atom is 0.274 e. The van der Waals surface area contributed by atoms with Crippen molar-refractivity contribution in [3.05, 3.63) is 92.2 Å². The van der Waals surface area contributed by atoms with E-state index < -0.39 is 0 Å². The number of hydrogen-bond donors (Lipinski definition) is 1. The summed E-state index contributed by atoms with van der Waals surface area (Å²) in [6, 6.07) is 20.0. The molecule has 0 spiro atoms. The zero-order chi connectivity index (χ0) is 23.7. The van der Waals surface area contributed by atoms with Gasteiger partial charge in [-0.2, -0.15) is 0 Å². The Bertz CT molecular complexity index is 1630. The Morgan fingerprint density at radius 1 is 1.15 bits per heavy atom. The number of carbonyl (C=O) groups is 1. The first-order valence-electron chi connectivity index (χ1n) is 10.3. The average Bonchev–Trinajstić information content (AvgIpc) is 3.34. The molecule has 1 amide bonds. The van der Waals surface area contributed by atoms with Crippen LogP contribution in [0.4, 0.5) is 5.69 Å². The number of carbonyl (C=O) groups excluding carboxylic acids is 1. The molecule has 0 fully saturated rings. The third-order valence-corrected chi connectivity index (χ3v) is 6.35. The highest BCUT2D eigenvalue weighted by Crippen LogP contribution is 2.36. The first-order valence-corrected chi connectivity index (χ1v) is 11.5. The van der Waals surface area contributed by atoms with E-state index in [4.69, 9.17) is 21.1 Å². The van der Waals surface area contributed by atoms with Gasteiger partial charge < -0.3 is 14.8 Å². The third kappa shape index (κ3) is 4.21. The minimum Gasteiger partial charge on any atom is -0.493 e. The van der Waals surface area contributed by atoms with Crippen LogP contribution >= 0.6 is 22.9 Å². The summed E-state index contributed by atoms with van der Waals surface area (Å²) < 4.78 is 13.2. The second-order valence-corrected chi connectivity index (χ2v) is 8.79. The lowest BCUT2D eigenvalue weighted by molar-refractivity contribution is -0.118. The Hall–Kier alpha value is -3.88. The fourth-order valence-corrected chi connectivity index (χ4v) is 4.84.